The van der Waals surface area contributed by atoms with Gasteiger partial charge in [0.2, 0.25) is 0 Å². The molecule has 0 bridgehead atoms. The molecule has 2 nitrogen and oxygen atoms in total. The molecule has 1 N–H and O–H groups in total. The van der Waals surface area contributed by atoms with Crippen LogP contribution in [0.25, 0.3) is 0 Å². The van der Waals surface area contributed by atoms with Gasteiger partial charge in [-0.3, -0.25) is 0 Å². The average molecular weight is 124 g/mol. The van der Waals surface area contributed by atoms with E-state index in [2.05, 4.69) is 5.92 Å². The number of hydrogen-bond acceptors (Lipinski definition) is 1. The zero-order valence-electron chi connectivity index (χ0n) is 5.22. The summed E-state index contributed by atoms with van der Waals surface area (Å²) in [5.74, 6) is 1.40. The number of rotatable bonds is 2. The molecule has 0 rings (SSSR count). The molecule has 9 heavy (non-hydrogen) atoms. The summed E-state index contributed by atoms with van der Waals surface area (Å²) in [7, 11) is 0. The fraction of sp³-hybridized carbons (Fsp3) is 0.286. The molecular formula is C7H8O2. The van der Waals surface area contributed by atoms with E-state index in [1.807, 2.05) is 0 Å². The van der Waals surface area contributed by atoms with Crippen molar-refractivity contribution in [1.82, 2.24) is 0 Å². The number of carbonyl (C=O) groups is 1. The number of carboxylic acids is 1. The Hall–Kier alpha value is -1.23. The van der Waals surface area contributed by atoms with Crippen LogP contribution >= 0.6 is 0 Å². The Morgan fingerprint density at radius 2 is 2.44 bits per heavy atom. The average Bonchev–Trinajstić information content (AvgIpc) is 1.82. The Morgan fingerprint density at radius 1 is 1.89 bits per heavy atom. The van der Waals surface area contributed by atoms with Crippen molar-refractivity contribution in [2.24, 2.45) is 0 Å². The number of aliphatic carboxylic acids is 1. The molecule has 2 heteroatoms. The first-order valence-corrected chi connectivity index (χ1v) is 2.52. The van der Waals surface area contributed by atoms with Crippen LogP contribution in [0.1, 0.15) is 13.3 Å². The lowest BCUT2D eigenvalue weighted by Gasteiger charge is -1.87. The third kappa shape index (κ3) is 3.36. The van der Waals surface area contributed by atoms with Crippen molar-refractivity contribution in [2.75, 3.05) is 0 Å². The van der Waals surface area contributed by atoms with E-state index in [9.17, 15) is 4.79 Å². The second kappa shape index (κ2) is 3.73. The van der Waals surface area contributed by atoms with Crippen molar-refractivity contribution in [3.05, 3.63) is 11.6 Å². The highest BCUT2D eigenvalue weighted by Gasteiger charge is 1.95. The first-order valence-electron chi connectivity index (χ1n) is 2.52. The van der Waals surface area contributed by atoms with Crippen LogP contribution in [0.5, 0.6) is 0 Å². The Balaban J connectivity index is 3.88. The minimum absolute atomic E-state index is 0.299. The second-order valence-electron chi connectivity index (χ2n) is 1.60. The Labute approximate surface area is 54.2 Å². The minimum atomic E-state index is -0.912. The molecule has 0 spiro atoms. The maximum atomic E-state index is 10.1. The first kappa shape index (κ1) is 7.77. The molecule has 0 fully saturated rings. The lowest BCUT2D eigenvalue weighted by Crippen LogP contribution is -1.94. The highest BCUT2D eigenvalue weighted by Crippen LogP contribution is 1.92. The second-order valence-corrected chi connectivity index (χ2v) is 1.60. The van der Waals surface area contributed by atoms with Crippen LogP contribution in [0.3, 0.4) is 0 Å². The predicted molar refractivity (Wildman–Crippen MR) is 34.8 cm³/mol. The normalized spacial score (nSPS) is 10.4. The van der Waals surface area contributed by atoms with E-state index in [-0.39, 0.29) is 0 Å². The van der Waals surface area contributed by atoms with E-state index in [0.29, 0.717) is 12.0 Å². The van der Waals surface area contributed by atoms with Crippen LogP contribution < -0.4 is 0 Å². The van der Waals surface area contributed by atoms with Gasteiger partial charge >= 0.3 is 5.97 Å². The summed E-state index contributed by atoms with van der Waals surface area (Å²) >= 11 is 0. The number of allylic oxidation sites excluding steroid dienone is 1. The van der Waals surface area contributed by atoms with Crippen LogP contribution in [0.15, 0.2) is 11.6 Å². The van der Waals surface area contributed by atoms with Gasteiger partial charge in [-0.25, -0.2) is 4.79 Å². The SMILES string of the molecule is C#CCC=C(C)C(=O)O. The first-order chi connectivity index (χ1) is 4.18. The molecule has 0 aliphatic heterocycles. The van der Waals surface area contributed by atoms with Crippen LogP contribution in [0.2, 0.25) is 0 Å². The van der Waals surface area contributed by atoms with Crippen LogP contribution in [0.4, 0.5) is 0 Å². The van der Waals surface area contributed by atoms with Gasteiger partial charge in [0.05, 0.1) is 0 Å². The van der Waals surface area contributed by atoms with Crippen LogP contribution in [-0.4, -0.2) is 11.1 Å². The molecular weight excluding hydrogens is 116 g/mol. The fourth-order valence-electron chi connectivity index (χ4n) is 0.299. The maximum Gasteiger partial charge on any atom is 0.330 e. The van der Waals surface area contributed by atoms with Gasteiger partial charge in [-0.2, -0.15) is 0 Å². The smallest absolute Gasteiger partial charge is 0.330 e. The van der Waals surface area contributed by atoms with Gasteiger partial charge in [0.25, 0.3) is 0 Å². The summed E-state index contributed by atoms with van der Waals surface area (Å²) in [5, 5.41) is 8.27. The molecule has 0 heterocycles. The fourth-order valence-corrected chi connectivity index (χ4v) is 0.299. The minimum Gasteiger partial charge on any atom is -0.478 e. The predicted octanol–water partition coefficient (Wildman–Crippen LogP) is 1.04. The highest BCUT2D eigenvalue weighted by atomic mass is 16.4. The molecule has 0 atom stereocenters. The van der Waals surface area contributed by atoms with E-state index >= 15 is 0 Å². The van der Waals surface area contributed by atoms with Crippen LogP contribution in [0, 0.1) is 12.3 Å². The van der Waals surface area contributed by atoms with Crippen molar-refractivity contribution >= 4 is 5.97 Å². The molecule has 48 valence electrons. The highest BCUT2D eigenvalue weighted by molar-refractivity contribution is 5.85. The molecule has 0 aliphatic rings. The zero-order chi connectivity index (χ0) is 7.28. The quantitative estimate of drug-likeness (QED) is 0.441. The van der Waals surface area contributed by atoms with Crippen LogP contribution in [-0.2, 0) is 4.79 Å². The summed E-state index contributed by atoms with van der Waals surface area (Å²) in [6.07, 6.45) is 6.78. The van der Waals surface area contributed by atoms with Crippen molar-refractivity contribution < 1.29 is 9.90 Å². The molecule has 0 aromatic heterocycles. The number of terminal acetylenes is 1. The van der Waals surface area contributed by atoms with Gasteiger partial charge in [0.15, 0.2) is 0 Å². The van der Waals surface area contributed by atoms with Gasteiger partial charge in [-0.15, -0.1) is 12.3 Å². The zero-order valence-corrected chi connectivity index (χ0v) is 5.22. The van der Waals surface area contributed by atoms with Crippen molar-refractivity contribution in [3.8, 4) is 12.3 Å². The van der Waals surface area contributed by atoms with Gasteiger partial charge in [-0.1, -0.05) is 6.08 Å². The van der Waals surface area contributed by atoms with Crippen molar-refractivity contribution in [1.29, 1.82) is 0 Å². The molecule has 0 saturated carbocycles. The third-order valence-electron chi connectivity index (χ3n) is 0.863. The number of hydrogen-bond donors (Lipinski definition) is 1. The molecule has 0 aromatic carbocycles. The largest absolute Gasteiger partial charge is 0.478 e. The summed E-state index contributed by atoms with van der Waals surface area (Å²) in [6.45, 7) is 1.51. The molecule has 0 radical (unpaired) electrons. The van der Waals surface area contributed by atoms with E-state index in [4.69, 9.17) is 11.5 Å². The van der Waals surface area contributed by atoms with Crippen molar-refractivity contribution in [2.45, 2.75) is 13.3 Å². The van der Waals surface area contributed by atoms with Gasteiger partial charge < -0.3 is 5.11 Å². The molecule has 0 aliphatic carbocycles. The molecule has 0 saturated heterocycles. The lowest BCUT2D eigenvalue weighted by molar-refractivity contribution is -0.132. The maximum absolute atomic E-state index is 10.1. The topological polar surface area (TPSA) is 37.3 Å². The van der Waals surface area contributed by atoms with E-state index < -0.39 is 5.97 Å². The van der Waals surface area contributed by atoms with Gasteiger partial charge in [0.1, 0.15) is 0 Å². The monoisotopic (exact) mass is 124 g/mol. The molecule has 0 aromatic rings. The third-order valence-corrected chi connectivity index (χ3v) is 0.863. The van der Waals surface area contributed by atoms with E-state index in [1.54, 1.807) is 0 Å². The van der Waals surface area contributed by atoms with E-state index in [0.717, 1.165) is 0 Å². The molecule has 0 unspecified atom stereocenters. The van der Waals surface area contributed by atoms with Crippen molar-refractivity contribution in [3.63, 3.8) is 0 Å². The standard InChI is InChI=1S/C7H8O2/c1-3-4-5-6(2)7(8)9/h1,5H,4H2,2H3,(H,8,9). The number of carboxylic acid groups (broad SMARTS) is 1. The lowest BCUT2D eigenvalue weighted by atomic mass is 10.2. The summed E-state index contributed by atoms with van der Waals surface area (Å²) < 4.78 is 0. The van der Waals surface area contributed by atoms with Gasteiger partial charge in [0, 0.05) is 12.0 Å². The summed E-state index contributed by atoms with van der Waals surface area (Å²) in [4.78, 5) is 10.1. The summed E-state index contributed by atoms with van der Waals surface area (Å²) in [5.41, 5.74) is 0.299. The Kier molecular flexibility index (Phi) is 3.22. The molecule has 0 amide bonds. The van der Waals surface area contributed by atoms with Gasteiger partial charge in [-0.05, 0) is 6.92 Å². The Morgan fingerprint density at radius 3 is 2.78 bits per heavy atom. The summed E-state index contributed by atoms with van der Waals surface area (Å²) in [6, 6.07) is 0. The Bertz CT molecular complexity index is 172. The van der Waals surface area contributed by atoms with E-state index in [1.165, 1.54) is 13.0 Å².